The van der Waals surface area contributed by atoms with Crippen molar-refractivity contribution < 1.29 is 13.9 Å². The van der Waals surface area contributed by atoms with E-state index in [0.717, 1.165) is 12.3 Å². The number of hydrogen-bond acceptors (Lipinski definition) is 2. The van der Waals surface area contributed by atoms with Crippen molar-refractivity contribution in [2.24, 2.45) is 11.3 Å². The molecular weight excluding hydrogens is 293 g/mol. The molecule has 4 heteroatoms. The van der Waals surface area contributed by atoms with Crippen molar-refractivity contribution in [2.45, 2.75) is 64.4 Å². The molecule has 0 heterocycles. The molecule has 126 valence electrons. The lowest BCUT2D eigenvalue weighted by atomic mass is 9.57. The number of rotatable bonds is 4. The molecule has 1 amide bonds. The fourth-order valence-corrected chi connectivity index (χ4v) is 4.19. The Morgan fingerprint density at radius 2 is 1.87 bits per heavy atom. The predicted octanol–water partition coefficient (Wildman–Crippen LogP) is 5.51. The topological polar surface area (TPSA) is 38.3 Å². The molecule has 0 bridgehead atoms. The largest absolute Gasteiger partial charge is 0.445 e. The Morgan fingerprint density at radius 3 is 2.43 bits per heavy atom. The standard InChI is InChI=1S/C19H26FNO2/c1-2-3-14-8-11-19(12-9-14)13-10-17(19)23-18(22)21-16-6-4-15(20)5-7-16/h4-7,14,17H,2-3,8-13H2,1H3,(H,21,22). The van der Waals surface area contributed by atoms with Crippen LogP contribution >= 0.6 is 0 Å². The van der Waals surface area contributed by atoms with E-state index in [1.165, 1.54) is 57.1 Å². The minimum Gasteiger partial charge on any atom is -0.445 e. The lowest BCUT2D eigenvalue weighted by molar-refractivity contribution is -0.0962. The molecular formula is C19H26FNO2. The molecule has 0 aliphatic heterocycles. The van der Waals surface area contributed by atoms with Gasteiger partial charge >= 0.3 is 6.09 Å². The van der Waals surface area contributed by atoms with Crippen LogP contribution in [-0.2, 0) is 4.74 Å². The van der Waals surface area contributed by atoms with Gasteiger partial charge in [0.15, 0.2) is 0 Å². The number of carbonyl (C=O) groups excluding carboxylic acids is 1. The van der Waals surface area contributed by atoms with Gasteiger partial charge in [-0.3, -0.25) is 5.32 Å². The van der Waals surface area contributed by atoms with Gasteiger partial charge in [-0.2, -0.15) is 0 Å². The van der Waals surface area contributed by atoms with Crippen LogP contribution in [0.1, 0.15) is 58.3 Å². The third-order valence-electron chi connectivity index (χ3n) is 5.73. The van der Waals surface area contributed by atoms with Gasteiger partial charge in [0.25, 0.3) is 0 Å². The second-order valence-electron chi connectivity index (χ2n) is 7.16. The summed E-state index contributed by atoms with van der Waals surface area (Å²) in [6.45, 7) is 2.25. The van der Waals surface area contributed by atoms with Gasteiger partial charge in [-0.25, -0.2) is 9.18 Å². The van der Waals surface area contributed by atoms with Gasteiger partial charge in [0.05, 0.1) is 0 Å². The Bertz CT molecular complexity index is 535. The molecule has 2 aliphatic rings. The Balaban J connectivity index is 1.50. The zero-order chi connectivity index (χ0) is 16.3. The molecule has 1 unspecified atom stereocenters. The van der Waals surface area contributed by atoms with Gasteiger partial charge in [-0.05, 0) is 68.7 Å². The number of ether oxygens (including phenoxy) is 1. The fraction of sp³-hybridized carbons (Fsp3) is 0.632. The average molecular weight is 319 g/mol. The van der Waals surface area contributed by atoms with Crippen molar-refractivity contribution in [3.8, 4) is 0 Å². The van der Waals surface area contributed by atoms with Crippen LogP contribution < -0.4 is 5.32 Å². The molecule has 2 saturated carbocycles. The van der Waals surface area contributed by atoms with Crippen LogP contribution in [0.25, 0.3) is 0 Å². The fourth-order valence-electron chi connectivity index (χ4n) is 4.19. The highest BCUT2D eigenvalue weighted by molar-refractivity contribution is 5.84. The van der Waals surface area contributed by atoms with E-state index in [9.17, 15) is 9.18 Å². The van der Waals surface area contributed by atoms with Crippen LogP contribution in [0.4, 0.5) is 14.9 Å². The summed E-state index contributed by atoms with van der Waals surface area (Å²) in [7, 11) is 0. The second kappa shape index (κ2) is 6.90. The molecule has 2 aliphatic carbocycles. The SMILES string of the molecule is CCCC1CCC2(CC1)CCC2OC(=O)Nc1ccc(F)cc1. The first-order chi connectivity index (χ1) is 11.1. The van der Waals surface area contributed by atoms with Crippen LogP contribution in [0, 0.1) is 17.2 Å². The van der Waals surface area contributed by atoms with Crippen molar-refractivity contribution >= 4 is 11.8 Å². The number of benzene rings is 1. The maximum atomic E-state index is 12.9. The van der Waals surface area contributed by atoms with Gasteiger partial charge in [0.2, 0.25) is 0 Å². The van der Waals surface area contributed by atoms with Gasteiger partial charge in [-0.15, -0.1) is 0 Å². The first-order valence-electron chi connectivity index (χ1n) is 8.84. The Hall–Kier alpha value is -1.58. The average Bonchev–Trinajstić information content (AvgIpc) is 2.55. The Kier molecular flexibility index (Phi) is 4.88. The monoisotopic (exact) mass is 319 g/mol. The van der Waals surface area contributed by atoms with E-state index in [4.69, 9.17) is 4.74 Å². The van der Waals surface area contributed by atoms with Crippen LogP contribution in [0.5, 0.6) is 0 Å². The molecule has 0 aromatic heterocycles. The van der Waals surface area contributed by atoms with Crippen LogP contribution in [0.2, 0.25) is 0 Å². The van der Waals surface area contributed by atoms with Gasteiger partial charge < -0.3 is 4.74 Å². The van der Waals surface area contributed by atoms with Crippen LogP contribution in [0.15, 0.2) is 24.3 Å². The highest BCUT2D eigenvalue weighted by Gasteiger charge is 2.50. The van der Waals surface area contributed by atoms with Crippen LogP contribution in [0.3, 0.4) is 0 Å². The van der Waals surface area contributed by atoms with E-state index in [0.29, 0.717) is 5.69 Å². The highest BCUT2D eigenvalue weighted by Crippen LogP contribution is 2.54. The molecule has 0 radical (unpaired) electrons. The summed E-state index contributed by atoms with van der Waals surface area (Å²) >= 11 is 0. The minimum absolute atomic E-state index is 0.0468. The summed E-state index contributed by atoms with van der Waals surface area (Å²) in [5.41, 5.74) is 0.793. The third-order valence-corrected chi connectivity index (χ3v) is 5.73. The molecule has 0 saturated heterocycles. The molecule has 3 rings (SSSR count). The van der Waals surface area contributed by atoms with Crippen molar-refractivity contribution in [2.75, 3.05) is 5.32 Å². The summed E-state index contributed by atoms with van der Waals surface area (Å²) in [4.78, 5) is 12.1. The molecule has 1 N–H and O–H groups in total. The molecule has 1 aromatic carbocycles. The molecule has 1 atom stereocenters. The van der Waals surface area contributed by atoms with E-state index < -0.39 is 6.09 Å². The first-order valence-corrected chi connectivity index (χ1v) is 8.84. The maximum Gasteiger partial charge on any atom is 0.411 e. The normalized spacial score (nSPS) is 29.8. The molecule has 1 aromatic rings. The van der Waals surface area contributed by atoms with E-state index in [1.807, 2.05) is 0 Å². The zero-order valence-electron chi connectivity index (χ0n) is 13.8. The van der Waals surface area contributed by atoms with E-state index in [2.05, 4.69) is 12.2 Å². The van der Waals surface area contributed by atoms with Crippen molar-refractivity contribution in [1.29, 1.82) is 0 Å². The summed E-state index contributed by atoms with van der Waals surface area (Å²) < 4.78 is 18.5. The van der Waals surface area contributed by atoms with Crippen molar-refractivity contribution in [1.82, 2.24) is 0 Å². The summed E-state index contributed by atoms with van der Waals surface area (Å²) in [5.74, 6) is 0.547. The third kappa shape index (κ3) is 3.67. The molecule has 3 nitrogen and oxygen atoms in total. The number of nitrogens with one attached hydrogen (secondary N) is 1. The van der Waals surface area contributed by atoms with E-state index in [1.54, 1.807) is 12.1 Å². The number of anilines is 1. The van der Waals surface area contributed by atoms with E-state index in [-0.39, 0.29) is 17.3 Å². The van der Waals surface area contributed by atoms with Crippen molar-refractivity contribution in [3.05, 3.63) is 30.1 Å². The zero-order valence-corrected chi connectivity index (χ0v) is 13.8. The van der Waals surface area contributed by atoms with Crippen LogP contribution in [-0.4, -0.2) is 12.2 Å². The summed E-state index contributed by atoms with van der Waals surface area (Å²) in [5, 5.41) is 2.69. The van der Waals surface area contributed by atoms with Gasteiger partial charge in [0.1, 0.15) is 11.9 Å². The van der Waals surface area contributed by atoms with E-state index >= 15 is 0 Å². The second-order valence-corrected chi connectivity index (χ2v) is 7.16. The smallest absolute Gasteiger partial charge is 0.411 e. The van der Waals surface area contributed by atoms with Gasteiger partial charge in [0, 0.05) is 11.1 Å². The molecule has 23 heavy (non-hydrogen) atoms. The highest BCUT2D eigenvalue weighted by atomic mass is 19.1. The lowest BCUT2D eigenvalue weighted by Gasteiger charge is -2.52. The van der Waals surface area contributed by atoms with Crippen molar-refractivity contribution in [3.63, 3.8) is 0 Å². The van der Waals surface area contributed by atoms with Gasteiger partial charge in [-0.1, -0.05) is 19.8 Å². The summed E-state index contributed by atoms with van der Waals surface area (Å²) in [6.07, 6.45) is 9.28. The number of amides is 1. The first kappa shape index (κ1) is 16.3. The Labute approximate surface area is 137 Å². The predicted molar refractivity (Wildman–Crippen MR) is 88.8 cm³/mol. The Morgan fingerprint density at radius 1 is 1.22 bits per heavy atom. The lowest BCUT2D eigenvalue weighted by Crippen LogP contribution is -2.50. The molecule has 1 spiro atoms. The number of halogens is 1. The number of carbonyl (C=O) groups is 1. The molecule has 2 fully saturated rings. The quantitative estimate of drug-likeness (QED) is 0.794. The minimum atomic E-state index is -0.420. The maximum absolute atomic E-state index is 12.9. The summed E-state index contributed by atoms with van der Waals surface area (Å²) in [6, 6.07) is 5.75. The number of hydrogen-bond donors (Lipinski definition) is 1.